The molecule has 0 bridgehead atoms. The van der Waals surface area contributed by atoms with Gasteiger partial charge in [-0.3, -0.25) is 4.79 Å². The molecule has 1 aliphatic rings. The fourth-order valence-corrected chi connectivity index (χ4v) is 2.10. The minimum Gasteiger partial charge on any atom is -0.390 e. The molecule has 98 valence electrons. The summed E-state index contributed by atoms with van der Waals surface area (Å²) in [5.74, 6) is -0.519. The van der Waals surface area contributed by atoms with Gasteiger partial charge in [0.1, 0.15) is 5.82 Å². The standard InChI is InChI=1S/C14H18FNO2/c1-10-3-4-11(9-12(10)15)13(17)16-7-5-14(2,18)6-8-16/h3-4,9,18H,5-8H2,1-2H3. The van der Waals surface area contributed by atoms with Crippen molar-refractivity contribution in [2.45, 2.75) is 32.3 Å². The van der Waals surface area contributed by atoms with Crippen molar-refractivity contribution in [1.29, 1.82) is 0 Å². The van der Waals surface area contributed by atoms with Crippen molar-refractivity contribution in [1.82, 2.24) is 4.90 Å². The first kappa shape index (κ1) is 13.0. The first-order valence-electron chi connectivity index (χ1n) is 6.17. The Balaban J connectivity index is 2.10. The van der Waals surface area contributed by atoms with Crippen molar-refractivity contribution in [3.05, 3.63) is 35.1 Å². The van der Waals surface area contributed by atoms with Crippen LogP contribution < -0.4 is 0 Å². The molecule has 1 aromatic rings. The lowest BCUT2D eigenvalue weighted by molar-refractivity contribution is -0.00203. The van der Waals surface area contributed by atoms with Crippen molar-refractivity contribution < 1.29 is 14.3 Å². The maximum atomic E-state index is 13.4. The van der Waals surface area contributed by atoms with Gasteiger partial charge in [0, 0.05) is 18.7 Å². The first-order valence-corrected chi connectivity index (χ1v) is 6.17. The Labute approximate surface area is 106 Å². The normalized spacial score (nSPS) is 18.8. The number of aryl methyl sites for hydroxylation is 1. The van der Waals surface area contributed by atoms with Crippen LogP contribution in [0.4, 0.5) is 4.39 Å². The molecule has 2 rings (SSSR count). The summed E-state index contributed by atoms with van der Waals surface area (Å²) >= 11 is 0. The van der Waals surface area contributed by atoms with Gasteiger partial charge in [-0.15, -0.1) is 0 Å². The summed E-state index contributed by atoms with van der Waals surface area (Å²) in [4.78, 5) is 13.8. The molecule has 1 aromatic carbocycles. The fraction of sp³-hybridized carbons (Fsp3) is 0.500. The number of halogens is 1. The highest BCUT2D eigenvalue weighted by atomic mass is 19.1. The average Bonchev–Trinajstić information content (AvgIpc) is 2.32. The number of hydrogen-bond acceptors (Lipinski definition) is 2. The molecular formula is C14H18FNO2. The number of hydrogen-bond donors (Lipinski definition) is 1. The van der Waals surface area contributed by atoms with Crippen molar-refractivity contribution >= 4 is 5.91 Å². The first-order chi connectivity index (χ1) is 8.39. The second kappa shape index (κ2) is 4.69. The molecule has 0 unspecified atom stereocenters. The number of aliphatic hydroxyl groups is 1. The molecule has 0 radical (unpaired) electrons. The monoisotopic (exact) mass is 251 g/mol. The Morgan fingerprint density at radius 3 is 2.56 bits per heavy atom. The zero-order valence-corrected chi connectivity index (χ0v) is 10.7. The van der Waals surface area contributed by atoms with Crippen LogP contribution in [0, 0.1) is 12.7 Å². The number of amides is 1. The average molecular weight is 251 g/mol. The van der Waals surface area contributed by atoms with Crippen LogP contribution in [0.25, 0.3) is 0 Å². The third-order valence-corrected chi connectivity index (χ3v) is 3.55. The largest absolute Gasteiger partial charge is 0.390 e. The van der Waals surface area contributed by atoms with Gasteiger partial charge >= 0.3 is 0 Å². The van der Waals surface area contributed by atoms with E-state index in [1.54, 1.807) is 30.9 Å². The molecule has 1 heterocycles. The molecule has 0 aromatic heterocycles. The lowest BCUT2D eigenvalue weighted by Crippen LogP contribution is -2.45. The molecular weight excluding hydrogens is 233 g/mol. The van der Waals surface area contributed by atoms with Gasteiger partial charge in [-0.05, 0) is 44.4 Å². The quantitative estimate of drug-likeness (QED) is 0.830. The molecule has 1 amide bonds. The van der Waals surface area contributed by atoms with E-state index in [-0.39, 0.29) is 11.7 Å². The summed E-state index contributed by atoms with van der Waals surface area (Å²) in [5, 5.41) is 9.83. The van der Waals surface area contributed by atoms with Crippen LogP contribution in [0.2, 0.25) is 0 Å². The van der Waals surface area contributed by atoms with Gasteiger partial charge in [0.25, 0.3) is 5.91 Å². The lowest BCUT2D eigenvalue weighted by Gasteiger charge is -2.35. The van der Waals surface area contributed by atoms with Crippen molar-refractivity contribution in [2.24, 2.45) is 0 Å². The third kappa shape index (κ3) is 2.70. The highest BCUT2D eigenvalue weighted by molar-refractivity contribution is 5.94. The van der Waals surface area contributed by atoms with E-state index in [1.165, 1.54) is 6.07 Å². The van der Waals surface area contributed by atoms with Gasteiger partial charge in [0.05, 0.1) is 5.60 Å². The van der Waals surface area contributed by atoms with E-state index in [2.05, 4.69) is 0 Å². The SMILES string of the molecule is Cc1ccc(C(=O)N2CCC(C)(O)CC2)cc1F. The third-order valence-electron chi connectivity index (χ3n) is 3.55. The van der Waals surface area contributed by atoms with E-state index in [1.807, 2.05) is 0 Å². The molecule has 1 aliphatic heterocycles. The molecule has 0 saturated carbocycles. The summed E-state index contributed by atoms with van der Waals surface area (Å²) in [7, 11) is 0. The molecule has 1 fully saturated rings. The number of carbonyl (C=O) groups is 1. The summed E-state index contributed by atoms with van der Waals surface area (Å²) in [6.07, 6.45) is 1.13. The van der Waals surface area contributed by atoms with E-state index in [9.17, 15) is 14.3 Å². The van der Waals surface area contributed by atoms with Crippen LogP contribution in [0.5, 0.6) is 0 Å². The zero-order chi connectivity index (χ0) is 13.3. The van der Waals surface area contributed by atoms with Crippen LogP contribution in [-0.4, -0.2) is 34.6 Å². The Hall–Kier alpha value is -1.42. The number of nitrogens with zero attached hydrogens (tertiary/aromatic N) is 1. The highest BCUT2D eigenvalue weighted by Gasteiger charge is 2.30. The van der Waals surface area contributed by atoms with E-state index in [0.29, 0.717) is 37.1 Å². The van der Waals surface area contributed by atoms with Crippen LogP contribution >= 0.6 is 0 Å². The van der Waals surface area contributed by atoms with Gasteiger partial charge < -0.3 is 10.0 Å². The summed E-state index contributed by atoms with van der Waals surface area (Å²) < 4.78 is 13.4. The Morgan fingerprint density at radius 1 is 1.39 bits per heavy atom. The molecule has 0 spiro atoms. The zero-order valence-electron chi connectivity index (χ0n) is 10.7. The minimum atomic E-state index is -0.685. The van der Waals surface area contributed by atoms with E-state index in [0.717, 1.165) is 0 Å². The van der Waals surface area contributed by atoms with Gasteiger partial charge in [0.15, 0.2) is 0 Å². The van der Waals surface area contributed by atoms with E-state index < -0.39 is 5.60 Å². The van der Waals surface area contributed by atoms with E-state index in [4.69, 9.17) is 0 Å². The van der Waals surface area contributed by atoms with Crippen LogP contribution in [0.3, 0.4) is 0 Å². The molecule has 3 nitrogen and oxygen atoms in total. The van der Waals surface area contributed by atoms with Gasteiger partial charge in [-0.1, -0.05) is 6.07 Å². The summed E-state index contributed by atoms with van der Waals surface area (Å²) in [6, 6.07) is 4.54. The molecule has 0 atom stereocenters. The number of rotatable bonds is 1. The number of piperidine rings is 1. The summed E-state index contributed by atoms with van der Waals surface area (Å²) in [5.41, 5.74) is 0.225. The number of carbonyl (C=O) groups excluding carboxylic acids is 1. The Bertz CT molecular complexity index is 461. The Kier molecular flexibility index (Phi) is 3.39. The van der Waals surface area contributed by atoms with Gasteiger partial charge in [-0.2, -0.15) is 0 Å². The van der Waals surface area contributed by atoms with Crippen LogP contribution in [0.1, 0.15) is 35.7 Å². The van der Waals surface area contributed by atoms with Crippen LogP contribution in [-0.2, 0) is 0 Å². The minimum absolute atomic E-state index is 0.163. The Morgan fingerprint density at radius 2 is 2.00 bits per heavy atom. The second-order valence-corrected chi connectivity index (χ2v) is 5.25. The molecule has 1 saturated heterocycles. The predicted molar refractivity (Wildman–Crippen MR) is 66.9 cm³/mol. The number of benzene rings is 1. The molecule has 18 heavy (non-hydrogen) atoms. The smallest absolute Gasteiger partial charge is 0.253 e. The topological polar surface area (TPSA) is 40.5 Å². The lowest BCUT2D eigenvalue weighted by atomic mass is 9.93. The van der Waals surface area contributed by atoms with Gasteiger partial charge in [-0.25, -0.2) is 4.39 Å². The molecule has 4 heteroatoms. The van der Waals surface area contributed by atoms with Crippen molar-refractivity contribution in [2.75, 3.05) is 13.1 Å². The van der Waals surface area contributed by atoms with E-state index >= 15 is 0 Å². The predicted octanol–water partition coefficient (Wildman–Crippen LogP) is 2.12. The summed E-state index contributed by atoms with van der Waals surface area (Å²) in [6.45, 7) is 4.48. The van der Waals surface area contributed by atoms with Crippen LogP contribution in [0.15, 0.2) is 18.2 Å². The van der Waals surface area contributed by atoms with Crippen molar-refractivity contribution in [3.63, 3.8) is 0 Å². The van der Waals surface area contributed by atoms with Crippen molar-refractivity contribution in [3.8, 4) is 0 Å². The van der Waals surface area contributed by atoms with Gasteiger partial charge in [0.2, 0.25) is 0 Å². The fourth-order valence-electron chi connectivity index (χ4n) is 2.10. The maximum Gasteiger partial charge on any atom is 0.253 e. The number of likely N-dealkylation sites (tertiary alicyclic amines) is 1. The molecule has 0 aliphatic carbocycles. The highest BCUT2D eigenvalue weighted by Crippen LogP contribution is 2.22. The second-order valence-electron chi connectivity index (χ2n) is 5.25. The molecule has 1 N–H and O–H groups in total. The maximum absolute atomic E-state index is 13.4.